The molecule has 7 heteroatoms. The summed E-state index contributed by atoms with van der Waals surface area (Å²) in [5.41, 5.74) is 0.865. The van der Waals surface area contributed by atoms with Gasteiger partial charge in [-0.05, 0) is 13.0 Å². The first-order valence-electron chi connectivity index (χ1n) is 5.89. The number of hydrogen-bond donors (Lipinski definition) is 1. The van der Waals surface area contributed by atoms with E-state index in [9.17, 15) is 10.1 Å². The highest BCUT2D eigenvalue weighted by molar-refractivity contribution is 5.39. The van der Waals surface area contributed by atoms with Gasteiger partial charge in [-0.3, -0.25) is 10.1 Å². The first-order valence-corrected chi connectivity index (χ1v) is 5.89. The zero-order valence-corrected chi connectivity index (χ0v) is 10.5. The smallest absolute Gasteiger partial charge is 0.272 e. The van der Waals surface area contributed by atoms with Gasteiger partial charge in [-0.25, -0.2) is 0 Å². The number of aryl methyl sites for hydroxylation is 1. The summed E-state index contributed by atoms with van der Waals surface area (Å²) in [6.07, 6.45) is 0.577. The largest absolute Gasteiger partial charge is 0.340 e. The molecule has 1 aromatic carbocycles. The molecule has 0 atom stereocenters. The van der Waals surface area contributed by atoms with Crippen molar-refractivity contribution in [3.63, 3.8) is 0 Å². The molecule has 100 valence electrons. The number of hydrogen-bond acceptors (Lipinski definition) is 6. The lowest BCUT2D eigenvalue weighted by Gasteiger charge is -2.03. The van der Waals surface area contributed by atoms with E-state index in [1.54, 1.807) is 25.1 Å². The third-order valence-corrected chi connectivity index (χ3v) is 2.61. The second kappa shape index (κ2) is 6.05. The van der Waals surface area contributed by atoms with Gasteiger partial charge in [0.1, 0.15) is 0 Å². The van der Waals surface area contributed by atoms with Crippen LogP contribution in [0.25, 0.3) is 0 Å². The van der Waals surface area contributed by atoms with E-state index in [2.05, 4.69) is 15.5 Å². The number of benzene rings is 1. The summed E-state index contributed by atoms with van der Waals surface area (Å²) in [7, 11) is 0. The van der Waals surface area contributed by atoms with Gasteiger partial charge >= 0.3 is 0 Å². The fourth-order valence-corrected chi connectivity index (χ4v) is 1.74. The van der Waals surface area contributed by atoms with E-state index in [0.717, 1.165) is 0 Å². The maximum atomic E-state index is 10.8. The Bertz CT molecular complexity index is 568. The molecule has 0 saturated carbocycles. The zero-order chi connectivity index (χ0) is 13.7. The van der Waals surface area contributed by atoms with Crippen LogP contribution in [0.4, 0.5) is 5.69 Å². The number of nitrogens with one attached hydrogen (secondary N) is 1. The molecule has 0 aliphatic rings. The average molecular weight is 262 g/mol. The molecule has 0 fully saturated rings. The molecule has 2 aromatic rings. The van der Waals surface area contributed by atoms with Crippen LogP contribution in [-0.2, 0) is 13.0 Å². The van der Waals surface area contributed by atoms with E-state index in [4.69, 9.17) is 4.52 Å². The van der Waals surface area contributed by atoms with Crippen LogP contribution in [0.1, 0.15) is 17.3 Å². The van der Waals surface area contributed by atoms with E-state index < -0.39 is 0 Å². The quantitative estimate of drug-likeness (QED) is 0.483. The Kier molecular flexibility index (Phi) is 4.19. The van der Waals surface area contributed by atoms with E-state index in [-0.39, 0.29) is 10.6 Å². The monoisotopic (exact) mass is 262 g/mol. The molecule has 2 rings (SSSR count). The van der Waals surface area contributed by atoms with Crippen molar-refractivity contribution < 1.29 is 9.45 Å². The Morgan fingerprint density at radius 2 is 2.21 bits per heavy atom. The Balaban J connectivity index is 1.84. The van der Waals surface area contributed by atoms with Crippen molar-refractivity contribution >= 4 is 5.69 Å². The fourth-order valence-electron chi connectivity index (χ4n) is 1.74. The third kappa shape index (κ3) is 3.59. The van der Waals surface area contributed by atoms with Gasteiger partial charge in [-0.1, -0.05) is 23.4 Å². The van der Waals surface area contributed by atoms with Gasteiger partial charge in [0.05, 0.1) is 11.5 Å². The average Bonchev–Trinajstić information content (AvgIpc) is 2.81. The van der Waals surface area contributed by atoms with Gasteiger partial charge < -0.3 is 9.84 Å². The van der Waals surface area contributed by atoms with E-state index in [1.807, 2.05) is 0 Å². The van der Waals surface area contributed by atoms with E-state index in [1.165, 1.54) is 6.07 Å². The first-order chi connectivity index (χ1) is 9.16. The van der Waals surface area contributed by atoms with Crippen molar-refractivity contribution in [3.05, 3.63) is 51.7 Å². The number of nitrogens with zero attached hydrogens (tertiary/aromatic N) is 3. The predicted molar refractivity (Wildman–Crippen MR) is 67.5 cm³/mol. The number of rotatable bonds is 6. The normalized spacial score (nSPS) is 10.6. The minimum absolute atomic E-state index is 0.153. The molecule has 1 heterocycles. The van der Waals surface area contributed by atoms with Crippen LogP contribution in [0.5, 0.6) is 0 Å². The highest BCUT2D eigenvalue weighted by Crippen LogP contribution is 2.17. The van der Waals surface area contributed by atoms with E-state index in [0.29, 0.717) is 36.8 Å². The molecule has 0 aliphatic heterocycles. The summed E-state index contributed by atoms with van der Waals surface area (Å²) in [6, 6.07) is 6.73. The molecule has 0 amide bonds. The summed E-state index contributed by atoms with van der Waals surface area (Å²) in [5.74, 6) is 1.11. The van der Waals surface area contributed by atoms with Crippen molar-refractivity contribution in [1.29, 1.82) is 0 Å². The lowest BCUT2D eigenvalue weighted by molar-refractivity contribution is -0.385. The second-order valence-corrected chi connectivity index (χ2v) is 4.04. The minimum atomic E-state index is -0.363. The summed E-state index contributed by atoms with van der Waals surface area (Å²) in [5, 5.41) is 17.7. The van der Waals surface area contributed by atoms with Gasteiger partial charge in [0.2, 0.25) is 5.89 Å². The molecule has 1 N–H and O–H groups in total. The fraction of sp³-hybridized carbons (Fsp3) is 0.333. The van der Waals surface area contributed by atoms with Gasteiger partial charge in [-0.15, -0.1) is 0 Å². The lowest BCUT2D eigenvalue weighted by atomic mass is 10.1. The van der Waals surface area contributed by atoms with Crippen molar-refractivity contribution in [1.82, 2.24) is 15.5 Å². The maximum Gasteiger partial charge on any atom is 0.272 e. The van der Waals surface area contributed by atoms with Crippen LogP contribution in [0, 0.1) is 17.0 Å². The highest BCUT2D eigenvalue weighted by atomic mass is 16.6. The van der Waals surface area contributed by atoms with Crippen LogP contribution in [0.15, 0.2) is 28.8 Å². The summed E-state index contributed by atoms with van der Waals surface area (Å²) < 4.78 is 4.84. The van der Waals surface area contributed by atoms with Crippen molar-refractivity contribution in [3.8, 4) is 0 Å². The van der Waals surface area contributed by atoms with Gasteiger partial charge in [0, 0.05) is 18.6 Å². The molecular formula is C12H14N4O3. The maximum absolute atomic E-state index is 10.8. The highest BCUT2D eigenvalue weighted by Gasteiger charge is 2.11. The molecule has 0 bridgehead atoms. The Labute approximate surface area is 109 Å². The summed E-state index contributed by atoms with van der Waals surface area (Å²) >= 11 is 0. The van der Waals surface area contributed by atoms with Crippen LogP contribution in [0.3, 0.4) is 0 Å². The molecule has 0 saturated heterocycles. The summed E-state index contributed by atoms with van der Waals surface area (Å²) in [4.78, 5) is 14.5. The number of nitro benzene ring substituents is 1. The lowest BCUT2D eigenvalue weighted by Crippen LogP contribution is -2.18. The van der Waals surface area contributed by atoms with Crippen molar-refractivity contribution in [2.24, 2.45) is 0 Å². The molecule has 0 unspecified atom stereocenters. The van der Waals surface area contributed by atoms with Crippen LogP contribution < -0.4 is 5.32 Å². The van der Waals surface area contributed by atoms with Crippen LogP contribution >= 0.6 is 0 Å². The van der Waals surface area contributed by atoms with Crippen LogP contribution in [0.2, 0.25) is 0 Å². The second-order valence-electron chi connectivity index (χ2n) is 4.04. The number of nitro groups is 1. The van der Waals surface area contributed by atoms with Crippen molar-refractivity contribution in [2.75, 3.05) is 6.54 Å². The van der Waals surface area contributed by atoms with Gasteiger partial charge in [-0.2, -0.15) is 4.98 Å². The van der Waals surface area contributed by atoms with Gasteiger partial charge in [0.15, 0.2) is 5.82 Å². The Morgan fingerprint density at radius 1 is 1.42 bits per heavy atom. The minimum Gasteiger partial charge on any atom is -0.340 e. The third-order valence-electron chi connectivity index (χ3n) is 2.61. The molecular weight excluding hydrogens is 248 g/mol. The van der Waals surface area contributed by atoms with Crippen molar-refractivity contribution in [2.45, 2.75) is 19.9 Å². The van der Waals surface area contributed by atoms with Gasteiger partial charge in [0.25, 0.3) is 5.69 Å². The SMILES string of the molecule is Cc1nc(CNCCc2ccccc2[N+](=O)[O-])no1. The standard InChI is InChI=1S/C12H14N4O3/c1-9-14-12(15-19-9)8-13-7-6-10-4-2-3-5-11(10)16(17)18/h2-5,13H,6-8H2,1H3. The molecule has 0 aliphatic carbocycles. The molecule has 7 nitrogen and oxygen atoms in total. The molecule has 0 radical (unpaired) electrons. The number of para-hydroxylation sites is 1. The Hall–Kier alpha value is -2.28. The summed E-state index contributed by atoms with van der Waals surface area (Å²) in [6.45, 7) is 2.82. The molecule has 19 heavy (non-hydrogen) atoms. The number of aromatic nitrogens is 2. The Morgan fingerprint density at radius 3 is 2.89 bits per heavy atom. The molecule has 0 spiro atoms. The van der Waals surface area contributed by atoms with E-state index >= 15 is 0 Å². The predicted octanol–water partition coefficient (Wildman–Crippen LogP) is 1.62. The first kappa shape index (κ1) is 13.2. The molecule has 1 aromatic heterocycles. The zero-order valence-electron chi connectivity index (χ0n) is 10.5. The van der Waals surface area contributed by atoms with Crippen LogP contribution in [-0.4, -0.2) is 21.6 Å². The topological polar surface area (TPSA) is 94.1 Å².